The van der Waals surface area contributed by atoms with Gasteiger partial charge in [0.25, 0.3) is 0 Å². The molecule has 1 aromatic carbocycles. The van der Waals surface area contributed by atoms with Crippen molar-refractivity contribution in [2.24, 2.45) is 0 Å². The second-order valence-electron chi connectivity index (χ2n) is 4.73. The van der Waals surface area contributed by atoms with Crippen molar-refractivity contribution in [2.45, 2.75) is 5.37 Å². The first-order chi connectivity index (χ1) is 10.6. The zero-order chi connectivity index (χ0) is 16.1. The number of thioether (sulfide) groups is 2. The summed E-state index contributed by atoms with van der Waals surface area (Å²) in [7, 11) is 4.63. The third-order valence-corrected chi connectivity index (χ3v) is 6.26. The van der Waals surface area contributed by atoms with Crippen molar-refractivity contribution in [3.05, 3.63) is 29.3 Å². The number of anilines is 1. The fraction of sp³-hybridized carbons (Fsp3) is 0.467. The number of nitrogens with zero attached hydrogens (tertiary/aromatic N) is 1. The Morgan fingerprint density at radius 3 is 2.50 bits per heavy atom. The average Bonchev–Trinajstić information content (AvgIpc) is 2.59. The lowest BCUT2D eigenvalue weighted by molar-refractivity contribution is 0.0587. The summed E-state index contributed by atoms with van der Waals surface area (Å²) in [5.74, 6) is 2.36. The van der Waals surface area contributed by atoms with Crippen molar-refractivity contribution in [3.63, 3.8) is 0 Å². The molecule has 1 aliphatic rings. The van der Waals surface area contributed by atoms with E-state index in [1.165, 1.54) is 14.2 Å². The van der Waals surface area contributed by atoms with E-state index in [9.17, 15) is 9.59 Å². The van der Waals surface area contributed by atoms with E-state index in [4.69, 9.17) is 9.47 Å². The lowest BCUT2D eigenvalue weighted by Gasteiger charge is -2.33. The number of carbonyl (C=O) groups is 2. The van der Waals surface area contributed by atoms with E-state index in [1.54, 1.807) is 18.2 Å². The van der Waals surface area contributed by atoms with Gasteiger partial charge in [-0.1, -0.05) is 0 Å². The number of esters is 2. The second kappa shape index (κ2) is 7.78. The third kappa shape index (κ3) is 3.70. The average molecular weight is 341 g/mol. The molecule has 1 aliphatic heterocycles. The molecule has 5 nitrogen and oxygen atoms in total. The van der Waals surface area contributed by atoms with E-state index in [-0.39, 0.29) is 5.37 Å². The van der Waals surface area contributed by atoms with Crippen molar-refractivity contribution >= 4 is 41.1 Å². The molecule has 1 heterocycles. The number of hydrogen-bond donors (Lipinski definition) is 0. The highest BCUT2D eigenvalue weighted by atomic mass is 32.2. The summed E-state index contributed by atoms with van der Waals surface area (Å²) in [6.07, 6.45) is 0. The largest absolute Gasteiger partial charge is 0.465 e. The summed E-state index contributed by atoms with van der Waals surface area (Å²) in [4.78, 5) is 25.8. The van der Waals surface area contributed by atoms with Gasteiger partial charge in [0.15, 0.2) is 0 Å². The van der Waals surface area contributed by atoms with Crippen LogP contribution in [0.2, 0.25) is 0 Å². The first kappa shape index (κ1) is 17.0. The maximum absolute atomic E-state index is 12.0. The summed E-state index contributed by atoms with van der Waals surface area (Å²) in [6, 6.07) is 4.89. The van der Waals surface area contributed by atoms with Crippen molar-refractivity contribution in [1.29, 1.82) is 0 Å². The van der Waals surface area contributed by atoms with E-state index in [0.717, 1.165) is 17.3 Å². The topological polar surface area (TPSA) is 55.8 Å². The van der Waals surface area contributed by atoms with E-state index < -0.39 is 11.9 Å². The van der Waals surface area contributed by atoms with E-state index in [2.05, 4.69) is 0 Å². The van der Waals surface area contributed by atoms with Crippen LogP contribution in [0.5, 0.6) is 0 Å². The highest BCUT2D eigenvalue weighted by molar-refractivity contribution is 8.06. The molecular weight excluding hydrogens is 322 g/mol. The molecule has 1 aromatic rings. The van der Waals surface area contributed by atoms with E-state index in [0.29, 0.717) is 16.8 Å². The van der Waals surface area contributed by atoms with Crippen LogP contribution < -0.4 is 4.90 Å². The monoisotopic (exact) mass is 341 g/mol. The van der Waals surface area contributed by atoms with Crippen LogP contribution in [0.1, 0.15) is 20.7 Å². The van der Waals surface area contributed by atoms with Gasteiger partial charge in [-0.25, -0.2) is 9.59 Å². The van der Waals surface area contributed by atoms with Crippen LogP contribution in [0.4, 0.5) is 5.69 Å². The lowest BCUT2D eigenvalue weighted by atomic mass is 10.1. The minimum absolute atomic E-state index is 0.259. The Bertz CT molecular complexity index is 558. The molecule has 0 bridgehead atoms. The van der Waals surface area contributed by atoms with Crippen LogP contribution in [0.15, 0.2) is 18.2 Å². The zero-order valence-corrected chi connectivity index (χ0v) is 14.5. The first-order valence-electron chi connectivity index (χ1n) is 6.81. The highest BCUT2D eigenvalue weighted by Crippen LogP contribution is 2.32. The molecule has 0 amide bonds. The summed E-state index contributed by atoms with van der Waals surface area (Å²) >= 11 is 3.74. The Hall–Kier alpha value is -1.34. The van der Waals surface area contributed by atoms with Gasteiger partial charge in [0.1, 0.15) is 0 Å². The molecule has 120 valence electrons. The first-order valence-corrected chi connectivity index (χ1v) is 9.01. The third-order valence-electron chi connectivity index (χ3n) is 3.43. The Morgan fingerprint density at radius 2 is 1.91 bits per heavy atom. The molecule has 2 rings (SSSR count). The zero-order valence-electron chi connectivity index (χ0n) is 12.8. The molecule has 0 aromatic heterocycles. The fourth-order valence-electron chi connectivity index (χ4n) is 2.20. The summed E-state index contributed by atoms with van der Waals surface area (Å²) in [6.45, 7) is 0. The Labute approximate surface area is 138 Å². The van der Waals surface area contributed by atoms with Crippen LogP contribution in [-0.4, -0.2) is 55.8 Å². The molecule has 0 spiro atoms. The van der Waals surface area contributed by atoms with Crippen LogP contribution in [0, 0.1) is 0 Å². The summed E-state index contributed by atoms with van der Waals surface area (Å²) in [5.41, 5.74) is 1.56. The van der Waals surface area contributed by atoms with Crippen LogP contribution in [0.3, 0.4) is 0 Å². The van der Waals surface area contributed by atoms with Gasteiger partial charge >= 0.3 is 11.9 Å². The number of benzene rings is 1. The molecule has 7 heteroatoms. The number of methoxy groups -OCH3 is 2. The van der Waals surface area contributed by atoms with Crippen LogP contribution >= 0.6 is 23.5 Å². The second-order valence-corrected chi connectivity index (χ2v) is 7.16. The molecule has 22 heavy (non-hydrogen) atoms. The number of ether oxygens (including phenoxy) is 2. The Morgan fingerprint density at radius 1 is 1.18 bits per heavy atom. The standard InChI is InChI=1S/C15H19NO4S2/c1-16(13-9-21-6-7-22-13)12-8-10(14(17)19-2)4-5-11(12)15(18)20-3/h4-5,8,13H,6-7,9H2,1-3H3. The van der Waals surface area contributed by atoms with Crippen LogP contribution in [0.25, 0.3) is 0 Å². The number of rotatable bonds is 4. The van der Waals surface area contributed by atoms with Gasteiger partial charge in [-0.05, 0) is 18.2 Å². The van der Waals surface area contributed by atoms with Gasteiger partial charge < -0.3 is 14.4 Å². The normalized spacial score (nSPS) is 17.7. The van der Waals surface area contributed by atoms with E-state index >= 15 is 0 Å². The van der Waals surface area contributed by atoms with Crippen molar-refractivity contribution < 1.29 is 19.1 Å². The molecule has 0 radical (unpaired) electrons. The van der Waals surface area contributed by atoms with Gasteiger partial charge in [-0.2, -0.15) is 11.8 Å². The van der Waals surface area contributed by atoms with Gasteiger partial charge in [0.05, 0.1) is 36.4 Å². The minimum atomic E-state index is -0.420. The molecule has 1 fully saturated rings. The van der Waals surface area contributed by atoms with Gasteiger partial charge in [-0.15, -0.1) is 11.8 Å². The molecule has 0 N–H and O–H groups in total. The Balaban J connectivity index is 2.39. The van der Waals surface area contributed by atoms with Crippen LogP contribution in [-0.2, 0) is 9.47 Å². The molecule has 0 saturated carbocycles. The Kier molecular flexibility index (Phi) is 6.02. The molecule has 1 saturated heterocycles. The smallest absolute Gasteiger partial charge is 0.339 e. The van der Waals surface area contributed by atoms with Crippen molar-refractivity contribution in [3.8, 4) is 0 Å². The molecule has 0 aliphatic carbocycles. The predicted octanol–water partition coefficient (Wildman–Crippen LogP) is 2.50. The highest BCUT2D eigenvalue weighted by Gasteiger charge is 2.24. The summed E-state index contributed by atoms with van der Waals surface area (Å²) < 4.78 is 9.61. The maximum Gasteiger partial charge on any atom is 0.339 e. The van der Waals surface area contributed by atoms with Gasteiger partial charge in [-0.3, -0.25) is 0 Å². The number of carbonyl (C=O) groups excluding carboxylic acids is 2. The van der Waals surface area contributed by atoms with Crippen molar-refractivity contribution in [2.75, 3.05) is 43.4 Å². The quantitative estimate of drug-likeness (QED) is 0.780. The minimum Gasteiger partial charge on any atom is -0.465 e. The molecular formula is C15H19NO4S2. The van der Waals surface area contributed by atoms with Crippen molar-refractivity contribution in [1.82, 2.24) is 0 Å². The lowest BCUT2D eigenvalue weighted by Crippen LogP contribution is -2.34. The van der Waals surface area contributed by atoms with Gasteiger partial charge in [0.2, 0.25) is 0 Å². The molecule has 1 atom stereocenters. The predicted molar refractivity (Wildman–Crippen MR) is 91.1 cm³/mol. The SMILES string of the molecule is COC(=O)c1ccc(C(=O)OC)c(N(C)C2CSCCS2)c1. The summed E-state index contributed by atoms with van der Waals surface area (Å²) in [5, 5.41) is 0.259. The van der Waals surface area contributed by atoms with Gasteiger partial charge in [0, 0.05) is 24.3 Å². The number of hydrogen-bond acceptors (Lipinski definition) is 7. The molecule has 1 unspecified atom stereocenters. The maximum atomic E-state index is 12.0. The fourth-order valence-corrected chi connectivity index (χ4v) is 4.94. The van der Waals surface area contributed by atoms with E-state index in [1.807, 2.05) is 35.5 Å².